The third-order valence-electron chi connectivity index (χ3n) is 2.55. The molecule has 19 heavy (non-hydrogen) atoms. The SMILES string of the molecule is NCC(Oc1cc(F)cc(F)c1)c1cccc(Br)c1. The van der Waals surface area contributed by atoms with E-state index in [0.717, 1.165) is 28.2 Å². The number of benzene rings is 2. The van der Waals surface area contributed by atoms with E-state index in [0.29, 0.717) is 0 Å². The molecule has 100 valence electrons. The van der Waals surface area contributed by atoms with Crippen molar-refractivity contribution in [2.45, 2.75) is 6.10 Å². The van der Waals surface area contributed by atoms with Gasteiger partial charge in [-0.25, -0.2) is 8.78 Å². The summed E-state index contributed by atoms with van der Waals surface area (Å²) in [4.78, 5) is 0. The van der Waals surface area contributed by atoms with Gasteiger partial charge in [0.2, 0.25) is 0 Å². The molecule has 0 amide bonds. The molecule has 0 fully saturated rings. The Hall–Kier alpha value is -1.46. The van der Waals surface area contributed by atoms with Crippen LogP contribution < -0.4 is 10.5 Å². The molecule has 2 rings (SSSR count). The van der Waals surface area contributed by atoms with Gasteiger partial charge in [0, 0.05) is 29.2 Å². The zero-order valence-electron chi connectivity index (χ0n) is 9.95. The van der Waals surface area contributed by atoms with Gasteiger partial charge in [-0.2, -0.15) is 0 Å². The normalized spacial score (nSPS) is 12.2. The summed E-state index contributed by atoms with van der Waals surface area (Å²) in [5.41, 5.74) is 6.49. The highest BCUT2D eigenvalue weighted by atomic mass is 79.9. The lowest BCUT2D eigenvalue weighted by molar-refractivity contribution is 0.212. The van der Waals surface area contributed by atoms with Crippen molar-refractivity contribution in [1.29, 1.82) is 0 Å². The minimum atomic E-state index is -0.681. The molecule has 0 aliphatic heterocycles. The summed E-state index contributed by atoms with van der Waals surface area (Å²) in [5.74, 6) is -1.24. The van der Waals surface area contributed by atoms with Crippen LogP contribution in [0, 0.1) is 11.6 Å². The van der Waals surface area contributed by atoms with Crippen LogP contribution in [0.4, 0.5) is 8.78 Å². The minimum Gasteiger partial charge on any atom is -0.484 e. The average molecular weight is 328 g/mol. The highest BCUT2D eigenvalue weighted by Gasteiger charge is 2.13. The van der Waals surface area contributed by atoms with Crippen LogP contribution in [0.15, 0.2) is 46.9 Å². The van der Waals surface area contributed by atoms with Gasteiger partial charge in [0.1, 0.15) is 23.5 Å². The van der Waals surface area contributed by atoms with E-state index in [2.05, 4.69) is 15.9 Å². The monoisotopic (exact) mass is 327 g/mol. The highest BCUT2D eigenvalue weighted by Crippen LogP contribution is 2.24. The molecule has 1 unspecified atom stereocenters. The van der Waals surface area contributed by atoms with Gasteiger partial charge >= 0.3 is 0 Å². The molecule has 0 bridgehead atoms. The molecule has 1 atom stereocenters. The van der Waals surface area contributed by atoms with Crippen LogP contribution in [0.1, 0.15) is 11.7 Å². The lowest BCUT2D eigenvalue weighted by Gasteiger charge is -2.18. The molecule has 0 aliphatic carbocycles. The molecular formula is C14H12BrF2NO. The summed E-state index contributed by atoms with van der Waals surface area (Å²) in [6, 6.07) is 10.5. The molecule has 2 aromatic rings. The van der Waals surface area contributed by atoms with Crippen LogP contribution in [-0.4, -0.2) is 6.54 Å². The first-order chi connectivity index (χ1) is 9.08. The Morgan fingerprint density at radius 2 is 1.79 bits per heavy atom. The van der Waals surface area contributed by atoms with E-state index < -0.39 is 17.7 Å². The smallest absolute Gasteiger partial charge is 0.136 e. The second kappa shape index (κ2) is 6.12. The Kier molecular flexibility index (Phi) is 4.50. The molecule has 0 spiro atoms. The first kappa shape index (κ1) is 14.0. The van der Waals surface area contributed by atoms with Gasteiger partial charge in [0.05, 0.1) is 0 Å². The van der Waals surface area contributed by atoms with E-state index in [-0.39, 0.29) is 12.3 Å². The molecule has 0 aromatic heterocycles. The fourth-order valence-corrected chi connectivity index (χ4v) is 2.14. The van der Waals surface area contributed by atoms with Crippen LogP contribution in [0.2, 0.25) is 0 Å². The summed E-state index contributed by atoms with van der Waals surface area (Å²) in [7, 11) is 0. The summed E-state index contributed by atoms with van der Waals surface area (Å²) in [6.45, 7) is 0.203. The predicted octanol–water partition coefficient (Wildman–Crippen LogP) is 3.81. The number of hydrogen-bond acceptors (Lipinski definition) is 2. The van der Waals surface area contributed by atoms with Crippen LogP contribution >= 0.6 is 15.9 Å². The summed E-state index contributed by atoms with van der Waals surface area (Å²) in [5, 5.41) is 0. The molecular weight excluding hydrogens is 316 g/mol. The van der Waals surface area contributed by atoms with Gasteiger partial charge in [0.25, 0.3) is 0 Å². The quantitative estimate of drug-likeness (QED) is 0.926. The molecule has 0 radical (unpaired) electrons. The average Bonchev–Trinajstić information content (AvgIpc) is 2.34. The topological polar surface area (TPSA) is 35.2 Å². The van der Waals surface area contributed by atoms with Crippen molar-refractivity contribution in [1.82, 2.24) is 0 Å². The lowest BCUT2D eigenvalue weighted by Crippen LogP contribution is -2.18. The number of ether oxygens (including phenoxy) is 1. The molecule has 5 heteroatoms. The van der Waals surface area contributed by atoms with Gasteiger partial charge < -0.3 is 10.5 Å². The maximum atomic E-state index is 13.1. The fourth-order valence-electron chi connectivity index (χ4n) is 1.72. The second-order valence-corrected chi connectivity index (χ2v) is 4.92. The van der Waals surface area contributed by atoms with Gasteiger partial charge in [-0.05, 0) is 17.7 Å². The van der Waals surface area contributed by atoms with Crippen molar-refractivity contribution in [3.63, 3.8) is 0 Å². The lowest BCUT2D eigenvalue weighted by atomic mass is 10.1. The Morgan fingerprint density at radius 3 is 2.37 bits per heavy atom. The molecule has 2 nitrogen and oxygen atoms in total. The Labute approximate surface area is 118 Å². The summed E-state index contributed by atoms with van der Waals surface area (Å²) in [6.07, 6.45) is -0.460. The fraction of sp³-hybridized carbons (Fsp3) is 0.143. The van der Waals surface area contributed by atoms with Crippen molar-refractivity contribution in [2.24, 2.45) is 5.73 Å². The van der Waals surface area contributed by atoms with E-state index in [1.165, 1.54) is 0 Å². The van der Waals surface area contributed by atoms with Gasteiger partial charge in [-0.15, -0.1) is 0 Å². The third-order valence-corrected chi connectivity index (χ3v) is 3.04. The van der Waals surface area contributed by atoms with Crippen LogP contribution in [-0.2, 0) is 0 Å². The van der Waals surface area contributed by atoms with Gasteiger partial charge in [0.15, 0.2) is 0 Å². The second-order valence-electron chi connectivity index (χ2n) is 4.00. The van der Waals surface area contributed by atoms with Crippen molar-refractivity contribution in [2.75, 3.05) is 6.54 Å². The van der Waals surface area contributed by atoms with Crippen LogP contribution in [0.3, 0.4) is 0 Å². The van der Waals surface area contributed by atoms with E-state index in [1.54, 1.807) is 0 Å². The summed E-state index contributed by atoms with van der Waals surface area (Å²) >= 11 is 3.35. The van der Waals surface area contributed by atoms with Crippen molar-refractivity contribution < 1.29 is 13.5 Å². The molecule has 2 N–H and O–H groups in total. The van der Waals surface area contributed by atoms with Crippen molar-refractivity contribution in [3.05, 3.63) is 64.1 Å². The molecule has 0 aliphatic rings. The Morgan fingerprint density at radius 1 is 1.11 bits per heavy atom. The first-order valence-electron chi connectivity index (χ1n) is 5.67. The standard InChI is InChI=1S/C14H12BrF2NO/c15-10-3-1-2-9(4-10)14(8-18)19-13-6-11(16)5-12(17)7-13/h1-7,14H,8,18H2. The molecule has 0 saturated carbocycles. The highest BCUT2D eigenvalue weighted by molar-refractivity contribution is 9.10. The number of nitrogens with two attached hydrogens (primary N) is 1. The third kappa shape index (κ3) is 3.75. The largest absolute Gasteiger partial charge is 0.484 e. The number of rotatable bonds is 4. The van der Waals surface area contributed by atoms with Gasteiger partial charge in [-0.1, -0.05) is 28.1 Å². The van der Waals surface area contributed by atoms with Gasteiger partial charge in [-0.3, -0.25) is 0 Å². The Balaban J connectivity index is 2.23. The van der Waals surface area contributed by atoms with Crippen LogP contribution in [0.25, 0.3) is 0 Å². The molecule has 0 saturated heterocycles. The van der Waals surface area contributed by atoms with Crippen LogP contribution in [0.5, 0.6) is 5.75 Å². The number of halogens is 3. The predicted molar refractivity (Wildman–Crippen MR) is 72.9 cm³/mol. The maximum absolute atomic E-state index is 13.1. The minimum absolute atomic E-state index is 0.118. The summed E-state index contributed by atoms with van der Waals surface area (Å²) < 4.78 is 32.6. The Bertz CT molecular complexity index is 557. The van der Waals surface area contributed by atoms with E-state index in [1.807, 2.05) is 24.3 Å². The van der Waals surface area contributed by atoms with E-state index >= 15 is 0 Å². The van der Waals surface area contributed by atoms with Crippen molar-refractivity contribution in [3.8, 4) is 5.75 Å². The van der Waals surface area contributed by atoms with Crippen molar-refractivity contribution >= 4 is 15.9 Å². The number of hydrogen-bond donors (Lipinski definition) is 1. The van der Waals surface area contributed by atoms with E-state index in [4.69, 9.17) is 10.5 Å². The maximum Gasteiger partial charge on any atom is 0.136 e. The first-order valence-corrected chi connectivity index (χ1v) is 6.46. The molecule has 2 aromatic carbocycles. The zero-order chi connectivity index (χ0) is 13.8. The van der Waals surface area contributed by atoms with E-state index in [9.17, 15) is 8.78 Å². The zero-order valence-corrected chi connectivity index (χ0v) is 11.5. The molecule has 0 heterocycles.